The summed E-state index contributed by atoms with van der Waals surface area (Å²) in [5.74, 6) is 0. The van der Waals surface area contributed by atoms with Crippen molar-refractivity contribution in [2.24, 2.45) is 0 Å². The molecule has 0 bridgehead atoms. The Bertz CT molecular complexity index is 6530. The molecule has 18 rings (SSSR count). The number of ether oxygens (including phenoxy) is 6. The maximum absolute atomic E-state index is 14.6. The predicted molar refractivity (Wildman–Crippen MR) is 585 cm³/mol. The molecule has 6 fully saturated rings. The highest BCUT2D eigenvalue weighted by Crippen LogP contribution is 2.52. The van der Waals surface area contributed by atoms with Gasteiger partial charge in [0.1, 0.15) is 98.5 Å². The van der Waals surface area contributed by atoms with Gasteiger partial charge in [0.25, 0.3) is 0 Å². The Kier molecular flexibility index (Phi) is 34.2. The lowest BCUT2D eigenvalue weighted by Crippen LogP contribution is -2.43. The van der Waals surface area contributed by atoms with Gasteiger partial charge in [0, 0.05) is 37.2 Å². The van der Waals surface area contributed by atoms with Gasteiger partial charge in [0.2, 0.25) is 0 Å². The SMILES string of the molecule is C=P(C)(C)CC[C@@]1(C)O[C@@H](n2cnc3c(N)ccnc32)[C@H](O)[C@@H]1O.C=P(C)(C)CC[C@@]1(CC)O[C@@H](n2cnc3c(N)ccnc32)[C@H](O)[C@@H]1O.C=P(C)(C)CC[C@H]1O[C@@H](n2cnc3c(N)ccnc32)[C@@](C)(O)[C@@H]1O.C=P(C)(C)CC[C@H]1O[C@@H](n2cnc3c(N)ccnc32)[C@H](Cl)[C@@H]1O.C=P(C)(C)CC[C@H]1O[C@@H](n2cnc3c(N)ccnc32)[C@H](F)[C@@H]1O.C=P(C)(C)CC[C@H]1O[C@@H](n2cnc3c(N)ccnc32)[C@](C)(O)[C@@H]1O. The number of nitrogens with zero attached hydrogens (tertiary/aromatic N) is 18. The van der Waals surface area contributed by atoms with E-state index in [4.69, 9.17) is 74.4 Å². The molecule has 40 nitrogen and oxygen atoms in total. The van der Waals surface area contributed by atoms with Gasteiger partial charge in [-0.25, -0.2) is 64.2 Å². The summed E-state index contributed by atoms with van der Waals surface area (Å²) in [5.41, 5.74) is 40.5. The summed E-state index contributed by atoms with van der Waals surface area (Å²) in [5, 5.41) is 105. The highest BCUT2D eigenvalue weighted by atomic mass is 35.5. The maximum atomic E-state index is 14.6. The zero-order valence-electron chi connectivity index (χ0n) is 84.2. The highest BCUT2D eigenvalue weighted by Gasteiger charge is 2.58. The smallest absolute Gasteiger partial charge is 0.173 e. The Balaban J connectivity index is 0.000000144. The van der Waals surface area contributed by atoms with Gasteiger partial charge in [-0.3, -0.25) is 27.4 Å². The topological polar surface area (TPSA) is 598 Å². The molecule has 0 spiro atoms. The number of alkyl halides is 2. The molecule has 18 heterocycles. The fourth-order valence-corrected chi connectivity index (χ4v) is 24.3. The average molecular weight is 2120 g/mol. The summed E-state index contributed by atoms with van der Waals surface area (Å²) in [6.07, 6.45) is 37.9. The van der Waals surface area contributed by atoms with E-state index in [2.05, 4.69) is 178 Å². The summed E-state index contributed by atoms with van der Waals surface area (Å²) in [6, 6.07) is 10.0. The largest absolute Gasteiger partial charge is 0.397 e. The lowest BCUT2D eigenvalue weighted by molar-refractivity contribution is -0.106. The summed E-state index contributed by atoms with van der Waals surface area (Å²) >= 11 is 6.42. The summed E-state index contributed by atoms with van der Waals surface area (Å²) in [4.78, 5) is 51.2. The quantitative estimate of drug-likeness (QED) is 0.0188. The molecule has 6 saturated heterocycles. The van der Waals surface area contributed by atoms with Crippen molar-refractivity contribution in [1.82, 2.24) is 87.2 Å². The van der Waals surface area contributed by atoms with Crippen LogP contribution in [0.3, 0.4) is 0 Å². The van der Waals surface area contributed by atoms with E-state index in [1.807, 2.05) is 13.8 Å². The number of imidazole rings is 6. The first-order chi connectivity index (χ1) is 66.6. The molecule has 24 atom stereocenters. The van der Waals surface area contributed by atoms with Crippen molar-refractivity contribution >= 4 is 192 Å². The molecule has 12 aromatic heterocycles. The number of aromatic nitrogens is 18. The number of halogens is 2. The third-order valence-corrected chi connectivity index (χ3v) is 36.0. The Morgan fingerprint density at radius 2 is 0.608 bits per heavy atom. The van der Waals surface area contributed by atoms with Crippen LogP contribution < -0.4 is 34.4 Å². The second-order valence-electron chi connectivity index (χ2n) is 43.0. The van der Waals surface area contributed by atoms with E-state index in [1.54, 1.807) is 142 Å². The minimum absolute atomic E-state index is 0.304. The number of hydrogen-bond donors (Lipinski definition) is 16. The first-order valence-electron chi connectivity index (χ1n) is 47.2. The molecule has 0 unspecified atom stereocenters. The molecule has 143 heavy (non-hydrogen) atoms. The molecule has 12 aromatic rings. The molecule has 0 amide bonds. The summed E-state index contributed by atoms with van der Waals surface area (Å²) in [6.45, 7) is 25.2. The predicted octanol–water partition coefficient (Wildman–Crippen LogP) is 8.57. The number of rotatable bonds is 25. The van der Waals surface area contributed by atoms with Crippen LogP contribution in [0.1, 0.15) is 110 Å². The normalized spacial score (nSPS) is 30.0. The van der Waals surface area contributed by atoms with Gasteiger partial charge in [-0.2, -0.15) is 0 Å². The highest BCUT2D eigenvalue weighted by molar-refractivity contribution is 7.73. The molecule has 0 radical (unpaired) electrons. The van der Waals surface area contributed by atoms with E-state index < -0.39 is 180 Å². The van der Waals surface area contributed by atoms with E-state index in [9.17, 15) is 55.5 Å². The summed E-state index contributed by atoms with van der Waals surface area (Å²) < 4.78 is 60.5. The molecule has 0 aromatic carbocycles. The number of nitrogens with two attached hydrogens (primary N) is 6. The van der Waals surface area contributed by atoms with Crippen LogP contribution in [0.2, 0.25) is 0 Å². The molecule has 0 aliphatic carbocycles. The van der Waals surface area contributed by atoms with E-state index in [0.29, 0.717) is 140 Å². The van der Waals surface area contributed by atoms with Crippen LogP contribution in [-0.2, 0) is 28.4 Å². The van der Waals surface area contributed by atoms with Crippen LogP contribution in [0.5, 0.6) is 0 Å². The van der Waals surface area contributed by atoms with Crippen LogP contribution in [0.15, 0.2) is 112 Å². The summed E-state index contributed by atoms with van der Waals surface area (Å²) in [7, 11) is 0. The van der Waals surface area contributed by atoms with Crippen LogP contribution in [0.4, 0.5) is 38.5 Å². The number of pyridine rings is 6. The van der Waals surface area contributed by atoms with Crippen molar-refractivity contribution < 1.29 is 83.9 Å². The second-order valence-corrected chi connectivity index (χ2v) is 69.4. The molecule has 6 aliphatic heterocycles. The maximum Gasteiger partial charge on any atom is 0.173 e. The molecule has 786 valence electrons. The lowest BCUT2D eigenvalue weighted by atomic mass is 9.90. The number of aliphatic hydroxyl groups excluding tert-OH is 8. The zero-order valence-corrected chi connectivity index (χ0v) is 90.4. The van der Waals surface area contributed by atoms with Gasteiger partial charge in [-0.05, 0) is 219 Å². The number of nitrogen functional groups attached to an aromatic ring is 6. The van der Waals surface area contributed by atoms with Crippen LogP contribution in [0, 0.1) is 0 Å². The Morgan fingerprint density at radius 1 is 0.343 bits per heavy atom. The third-order valence-electron chi connectivity index (χ3n) is 26.8. The number of anilines is 6. The fraction of sp³-hybridized carbons (Fsp3) is 0.558. The number of aliphatic hydroxyl groups is 10. The fourth-order valence-electron chi connectivity index (χ4n) is 18.1. The van der Waals surface area contributed by atoms with Crippen LogP contribution in [0.25, 0.3) is 67.0 Å². The van der Waals surface area contributed by atoms with Gasteiger partial charge in [0.05, 0.1) is 108 Å². The van der Waals surface area contributed by atoms with Gasteiger partial charge in [-0.15, -0.1) is 90.7 Å². The first kappa shape index (κ1) is 112. The number of fused-ring (bicyclic) bond motifs is 6. The average Bonchev–Trinajstić information content (AvgIpc) is 1.59. The van der Waals surface area contributed by atoms with Gasteiger partial charge >= 0.3 is 0 Å². The molecule has 48 heteroatoms. The molecular formula is C95H146ClFN24O16P6. The Labute approximate surface area is 838 Å². The zero-order chi connectivity index (χ0) is 105. The van der Waals surface area contributed by atoms with Gasteiger partial charge in [0.15, 0.2) is 77.4 Å². The number of hydrogen-bond acceptors (Lipinski definition) is 34. The Morgan fingerprint density at radius 3 is 0.930 bits per heavy atom. The molecule has 22 N–H and O–H groups in total. The van der Waals surface area contributed by atoms with Gasteiger partial charge < -0.3 is 114 Å². The Hall–Kier alpha value is -8.10. The van der Waals surface area contributed by atoms with E-state index >= 15 is 0 Å². The monoisotopic (exact) mass is 2120 g/mol. The van der Waals surface area contributed by atoms with Crippen molar-refractivity contribution in [2.75, 3.05) is 151 Å². The van der Waals surface area contributed by atoms with Crippen LogP contribution >= 0.6 is 52.9 Å². The molecule has 6 aliphatic rings. The van der Waals surface area contributed by atoms with E-state index in [1.165, 1.54) is 10.9 Å². The second kappa shape index (κ2) is 43.6. The third kappa shape index (κ3) is 25.1. The first-order valence-corrected chi connectivity index (χ1v) is 66.0. The van der Waals surface area contributed by atoms with Crippen molar-refractivity contribution in [3.8, 4) is 0 Å². The van der Waals surface area contributed by atoms with Crippen molar-refractivity contribution in [2.45, 2.75) is 217 Å². The minimum Gasteiger partial charge on any atom is -0.397 e. The van der Waals surface area contributed by atoms with E-state index in [-0.39, 0.29) is 6.10 Å². The van der Waals surface area contributed by atoms with Crippen molar-refractivity contribution in [3.63, 3.8) is 0 Å². The molecular weight excluding hydrogens is 1970 g/mol. The van der Waals surface area contributed by atoms with Crippen molar-refractivity contribution in [1.29, 1.82) is 0 Å². The standard InChI is InChI=1S/C17H27N4O3P.3C16H25N4O3P.C15H22ClN4O2P.C15H22FN4O2P/c1-5-17(7-9-25(2,3)4)14(23)13(22)16(24-17)21-10-20-12-11(18)6-8-19-15(12)21;1-16(6-8-24(2,3)4)13(22)12(21)15(23-16)20-9-19-11-10(17)5-7-18-14(11)20;2*1-16(22)13(21)11(6-8-24(2,3)4)23-15(16)20-9-19-12-10(17)5-7-18-14(12)20;2*1-23(2,3)7-5-10-13(21)11(16)15(22-10)20-8-19-12-9(17)4-6-18-14(12)20/h6,8,10,13-14,16,22-23H,2,5,7,9H2,1,3-4H3,(H2,18,19);5,7,9,12-13,15,21-22H,2,6,8H2,1,3-4H3,(H2,17,18);2*5,7,9,11,13,15,21-22H,2,6,8H2,1,3-4H3,(H2,17,18);2*4,6,8,10-11,13,15,21H,1,5,7H2,2-3H3,(H2,17,18)/t13-,14+,16-,17-;12-,13+,15-,16-;11-,13-,15-,16+;11-,13-,15-,16-;2*10-,11-,13-,15-/m111111/s1. The minimum atomic E-state index is -1.54. The van der Waals surface area contributed by atoms with Gasteiger partial charge in [-0.1, -0.05) is 6.92 Å². The van der Waals surface area contributed by atoms with E-state index in [0.717, 1.165) is 43.4 Å². The van der Waals surface area contributed by atoms with Crippen LogP contribution in [-0.4, -0.2) is 400 Å². The molecule has 0 saturated carbocycles. The van der Waals surface area contributed by atoms with Crippen molar-refractivity contribution in [3.05, 3.63) is 112 Å². The lowest BCUT2D eigenvalue weighted by Gasteiger charge is -2.32.